The van der Waals surface area contributed by atoms with Crippen molar-refractivity contribution in [2.45, 2.75) is 51.3 Å². The van der Waals surface area contributed by atoms with E-state index in [1.807, 2.05) is 31.2 Å². The molecule has 0 aromatic heterocycles. The third-order valence-corrected chi connectivity index (χ3v) is 4.59. The zero-order valence-electron chi connectivity index (χ0n) is 11.7. The second-order valence-corrected chi connectivity index (χ2v) is 6.15. The first-order valence-corrected chi connectivity index (χ1v) is 7.57. The molecule has 1 aliphatic rings. The van der Waals surface area contributed by atoms with E-state index < -0.39 is 0 Å². The Morgan fingerprint density at radius 2 is 2.00 bits per heavy atom. The number of halogens is 1. The van der Waals surface area contributed by atoms with Crippen LogP contribution in [0.3, 0.4) is 0 Å². The van der Waals surface area contributed by atoms with Crippen LogP contribution in [0.1, 0.15) is 56.9 Å². The van der Waals surface area contributed by atoms with Gasteiger partial charge in [-0.25, -0.2) is 0 Å². The molecule has 2 rings (SSSR count). The Balaban J connectivity index is 2.19. The average Bonchev–Trinajstić information content (AvgIpc) is 2.89. The number of carbonyl (C=O) groups is 1. The van der Waals surface area contributed by atoms with Gasteiger partial charge in [-0.05, 0) is 37.8 Å². The monoisotopic (exact) mass is 279 g/mol. The molecule has 0 spiro atoms. The van der Waals surface area contributed by atoms with Crippen LogP contribution < -0.4 is 5.32 Å². The molecule has 1 aromatic rings. The molecule has 0 aliphatic heterocycles. The summed E-state index contributed by atoms with van der Waals surface area (Å²) in [4.78, 5) is 12.6. The maximum absolute atomic E-state index is 12.6. The number of amides is 1. The lowest BCUT2D eigenvalue weighted by Gasteiger charge is -2.26. The largest absolute Gasteiger partial charge is 0.325 e. The highest BCUT2D eigenvalue weighted by Crippen LogP contribution is 2.42. The topological polar surface area (TPSA) is 29.1 Å². The van der Waals surface area contributed by atoms with Crippen molar-refractivity contribution >= 4 is 23.2 Å². The van der Waals surface area contributed by atoms with Crippen molar-refractivity contribution in [3.8, 4) is 0 Å². The quantitative estimate of drug-likeness (QED) is 0.781. The van der Waals surface area contributed by atoms with E-state index in [9.17, 15) is 4.79 Å². The molecule has 0 heterocycles. The first-order chi connectivity index (χ1) is 9.09. The van der Waals surface area contributed by atoms with Gasteiger partial charge in [0.25, 0.3) is 0 Å². The van der Waals surface area contributed by atoms with Crippen molar-refractivity contribution in [1.29, 1.82) is 0 Å². The number of hydrogen-bond donors (Lipinski definition) is 1. The summed E-state index contributed by atoms with van der Waals surface area (Å²) in [7, 11) is 0. The van der Waals surface area contributed by atoms with Gasteiger partial charge in [0.15, 0.2) is 0 Å². The number of anilines is 1. The van der Waals surface area contributed by atoms with E-state index in [1.54, 1.807) is 0 Å². The van der Waals surface area contributed by atoms with E-state index in [0.29, 0.717) is 0 Å². The molecule has 19 heavy (non-hydrogen) atoms. The molecular formula is C16H22ClNO. The maximum atomic E-state index is 12.6. The summed E-state index contributed by atoms with van der Waals surface area (Å²) in [5, 5.41) is 3.00. The normalized spacial score (nSPS) is 19.1. The lowest BCUT2D eigenvalue weighted by Crippen LogP contribution is -2.33. The van der Waals surface area contributed by atoms with Gasteiger partial charge in [-0.15, -0.1) is 11.6 Å². The molecule has 2 nitrogen and oxygen atoms in total. The van der Waals surface area contributed by atoms with Crippen molar-refractivity contribution in [2.24, 2.45) is 5.41 Å². The average molecular weight is 280 g/mol. The van der Waals surface area contributed by atoms with Crippen molar-refractivity contribution in [2.75, 3.05) is 5.32 Å². The molecule has 0 radical (unpaired) electrons. The molecule has 1 unspecified atom stereocenters. The van der Waals surface area contributed by atoms with Gasteiger partial charge in [-0.2, -0.15) is 0 Å². The highest BCUT2D eigenvalue weighted by Gasteiger charge is 2.39. The standard InChI is InChI=1S/C16H22ClNO/c1-3-16(10-6-7-11-16)15(19)18-14-9-5-4-8-13(14)12(2)17/h4-5,8-9,12H,3,6-7,10-11H2,1-2H3,(H,18,19). The Morgan fingerprint density at radius 3 is 2.58 bits per heavy atom. The van der Waals surface area contributed by atoms with Gasteiger partial charge in [0, 0.05) is 11.1 Å². The first kappa shape index (κ1) is 14.4. The Kier molecular flexibility index (Phi) is 4.51. The van der Waals surface area contributed by atoms with E-state index in [2.05, 4.69) is 12.2 Å². The van der Waals surface area contributed by atoms with Crippen LogP contribution in [0.2, 0.25) is 0 Å². The molecule has 0 bridgehead atoms. The van der Waals surface area contributed by atoms with E-state index in [-0.39, 0.29) is 16.7 Å². The summed E-state index contributed by atoms with van der Waals surface area (Å²) in [6.07, 6.45) is 5.25. The second kappa shape index (κ2) is 5.96. The second-order valence-electron chi connectivity index (χ2n) is 5.50. The number of benzene rings is 1. The molecular weight excluding hydrogens is 258 g/mol. The molecule has 1 N–H and O–H groups in total. The van der Waals surface area contributed by atoms with Crippen LogP contribution in [0.5, 0.6) is 0 Å². The van der Waals surface area contributed by atoms with Gasteiger partial charge in [0.1, 0.15) is 0 Å². The predicted molar refractivity (Wildman–Crippen MR) is 80.5 cm³/mol. The van der Waals surface area contributed by atoms with E-state index in [1.165, 1.54) is 0 Å². The van der Waals surface area contributed by atoms with Crippen LogP contribution in [-0.2, 0) is 4.79 Å². The minimum absolute atomic E-state index is 0.0994. The number of alkyl halides is 1. The summed E-state index contributed by atoms with van der Waals surface area (Å²) in [6.45, 7) is 4.04. The third kappa shape index (κ3) is 2.94. The smallest absolute Gasteiger partial charge is 0.230 e. The van der Waals surface area contributed by atoms with Crippen LogP contribution in [0.15, 0.2) is 24.3 Å². The summed E-state index contributed by atoms with van der Waals surface area (Å²) in [5.41, 5.74) is 1.68. The van der Waals surface area contributed by atoms with Gasteiger partial charge in [-0.3, -0.25) is 4.79 Å². The molecule has 3 heteroatoms. The fourth-order valence-electron chi connectivity index (χ4n) is 3.01. The molecule has 1 aliphatic carbocycles. The van der Waals surface area contributed by atoms with E-state index in [4.69, 9.17) is 11.6 Å². The summed E-state index contributed by atoms with van der Waals surface area (Å²) < 4.78 is 0. The summed E-state index contributed by atoms with van der Waals surface area (Å²) in [6, 6.07) is 7.80. The number of hydrogen-bond acceptors (Lipinski definition) is 1. The summed E-state index contributed by atoms with van der Waals surface area (Å²) in [5.74, 6) is 0.164. The minimum Gasteiger partial charge on any atom is -0.325 e. The van der Waals surface area contributed by atoms with Crippen molar-refractivity contribution in [3.63, 3.8) is 0 Å². The Hall–Kier alpha value is -1.02. The Bertz CT molecular complexity index is 450. The van der Waals surface area contributed by atoms with Gasteiger partial charge >= 0.3 is 0 Å². The number of carbonyl (C=O) groups excluding carboxylic acids is 1. The van der Waals surface area contributed by atoms with Crippen LogP contribution in [0.4, 0.5) is 5.69 Å². The zero-order chi connectivity index (χ0) is 13.9. The molecule has 0 saturated heterocycles. The summed E-state index contributed by atoms with van der Waals surface area (Å²) >= 11 is 6.17. The van der Waals surface area contributed by atoms with Crippen molar-refractivity contribution in [3.05, 3.63) is 29.8 Å². The zero-order valence-corrected chi connectivity index (χ0v) is 12.5. The van der Waals surface area contributed by atoms with Crippen molar-refractivity contribution < 1.29 is 4.79 Å². The molecule has 1 aromatic carbocycles. The molecule has 1 saturated carbocycles. The first-order valence-electron chi connectivity index (χ1n) is 7.13. The SMILES string of the molecule is CCC1(C(=O)Nc2ccccc2C(C)Cl)CCCC1. The fourth-order valence-corrected chi connectivity index (χ4v) is 3.20. The van der Waals surface area contributed by atoms with E-state index in [0.717, 1.165) is 43.4 Å². The number of para-hydroxylation sites is 1. The van der Waals surface area contributed by atoms with Crippen molar-refractivity contribution in [1.82, 2.24) is 0 Å². The van der Waals surface area contributed by atoms with Crippen LogP contribution >= 0.6 is 11.6 Å². The fraction of sp³-hybridized carbons (Fsp3) is 0.562. The molecule has 1 fully saturated rings. The number of rotatable bonds is 4. The maximum Gasteiger partial charge on any atom is 0.230 e. The highest BCUT2D eigenvalue weighted by atomic mass is 35.5. The minimum atomic E-state index is -0.164. The Labute approximate surface area is 120 Å². The lowest BCUT2D eigenvalue weighted by molar-refractivity contribution is -0.125. The van der Waals surface area contributed by atoms with Gasteiger partial charge in [0.05, 0.1) is 5.38 Å². The van der Waals surface area contributed by atoms with Crippen LogP contribution in [0, 0.1) is 5.41 Å². The molecule has 1 amide bonds. The Morgan fingerprint density at radius 1 is 1.37 bits per heavy atom. The lowest BCUT2D eigenvalue weighted by atomic mass is 9.82. The van der Waals surface area contributed by atoms with E-state index >= 15 is 0 Å². The van der Waals surface area contributed by atoms with Gasteiger partial charge < -0.3 is 5.32 Å². The van der Waals surface area contributed by atoms with Crippen LogP contribution in [0.25, 0.3) is 0 Å². The van der Waals surface area contributed by atoms with Gasteiger partial charge in [0.2, 0.25) is 5.91 Å². The third-order valence-electron chi connectivity index (χ3n) is 4.36. The number of nitrogens with one attached hydrogen (secondary N) is 1. The van der Waals surface area contributed by atoms with Gasteiger partial charge in [-0.1, -0.05) is 38.0 Å². The highest BCUT2D eigenvalue weighted by molar-refractivity contribution is 6.21. The predicted octanol–water partition coefficient (Wildman–Crippen LogP) is 4.90. The van der Waals surface area contributed by atoms with Crippen LogP contribution in [-0.4, -0.2) is 5.91 Å². The molecule has 104 valence electrons. The molecule has 1 atom stereocenters.